The van der Waals surface area contributed by atoms with Crippen LogP contribution in [0.25, 0.3) is 5.82 Å². The molecule has 3 aromatic rings. The van der Waals surface area contributed by atoms with Gasteiger partial charge in [0.1, 0.15) is 23.1 Å². The van der Waals surface area contributed by atoms with Crippen LogP contribution in [0.15, 0.2) is 48.7 Å². The van der Waals surface area contributed by atoms with Crippen molar-refractivity contribution in [1.82, 2.24) is 25.4 Å². The zero-order valence-corrected chi connectivity index (χ0v) is 23.4. The van der Waals surface area contributed by atoms with E-state index in [2.05, 4.69) is 20.7 Å². The van der Waals surface area contributed by atoms with E-state index in [0.717, 1.165) is 4.68 Å². The largest absolute Gasteiger partial charge is 0.496 e. The SMILES string of the molecule is COc1ccccc1CNC(=O)c1cc(C(F)(F)F)nn1-c1cc(N(C)C(=O)C(C)NC(=O)OC(C)(C)C)ccn1. The van der Waals surface area contributed by atoms with E-state index in [9.17, 15) is 27.6 Å². The average Bonchev–Trinajstić information content (AvgIpc) is 3.36. The summed E-state index contributed by atoms with van der Waals surface area (Å²) >= 11 is 0. The van der Waals surface area contributed by atoms with Gasteiger partial charge in [0.2, 0.25) is 5.91 Å². The Hall–Kier alpha value is -4.62. The first kappa shape index (κ1) is 30.9. The third-order valence-corrected chi connectivity index (χ3v) is 5.63. The minimum absolute atomic E-state index is 0.0252. The van der Waals surface area contributed by atoms with Crippen LogP contribution >= 0.6 is 0 Å². The van der Waals surface area contributed by atoms with Crippen LogP contribution in [0.5, 0.6) is 5.75 Å². The van der Waals surface area contributed by atoms with Crippen molar-refractivity contribution in [1.29, 1.82) is 0 Å². The van der Waals surface area contributed by atoms with Gasteiger partial charge in [-0.15, -0.1) is 0 Å². The molecule has 0 bridgehead atoms. The summed E-state index contributed by atoms with van der Waals surface area (Å²) in [5.41, 5.74) is -1.66. The van der Waals surface area contributed by atoms with Crippen molar-refractivity contribution in [3.63, 3.8) is 0 Å². The molecule has 0 fully saturated rings. The number of anilines is 1. The van der Waals surface area contributed by atoms with Crippen LogP contribution in [0.2, 0.25) is 0 Å². The number of rotatable bonds is 8. The predicted molar refractivity (Wildman–Crippen MR) is 143 cm³/mol. The number of para-hydroxylation sites is 1. The lowest BCUT2D eigenvalue weighted by Gasteiger charge is -2.24. The van der Waals surface area contributed by atoms with Crippen molar-refractivity contribution in [2.45, 2.75) is 52.1 Å². The zero-order valence-electron chi connectivity index (χ0n) is 23.4. The standard InChI is InChI=1S/C27H31F3N6O5/c1-16(33-25(39)41-26(2,3)4)24(38)35(5)18-11-12-31-22(13-18)36-19(14-21(34-36)27(28,29)30)23(37)32-15-17-9-7-8-10-20(17)40-6/h7-14,16H,15H2,1-6H3,(H,32,37)(H,33,39). The molecule has 220 valence electrons. The van der Waals surface area contributed by atoms with Crippen LogP contribution in [0.1, 0.15) is 49.4 Å². The summed E-state index contributed by atoms with van der Waals surface area (Å²) in [5, 5.41) is 8.60. The van der Waals surface area contributed by atoms with E-state index in [-0.39, 0.29) is 18.1 Å². The molecule has 3 rings (SSSR count). The first-order valence-electron chi connectivity index (χ1n) is 12.4. The highest BCUT2D eigenvalue weighted by Crippen LogP contribution is 2.30. The van der Waals surface area contributed by atoms with Crippen molar-refractivity contribution < 1.29 is 37.0 Å². The molecule has 0 aliphatic carbocycles. The Labute approximate surface area is 234 Å². The number of benzene rings is 1. The van der Waals surface area contributed by atoms with E-state index in [0.29, 0.717) is 17.4 Å². The maximum absolute atomic E-state index is 13.6. The molecule has 1 aromatic carbocycles. The van der Waals surface area contributed by atoms with Gasteiger partial charge in [-0.25, -0.2) is 14.5 Å². The number of nitrogens with one attached hydrogen (secondary N) is 2. The van der Waals surface area contributed by atoms with Crippen molar-refractivity contribution in [3.05, 3.63) is 65.6 Å². The number of carbonyl (C=O) groups excluding carboxylic acids is 3. The fraction of sp³-hybridized carbons (Fsp3) is 0.370. The van der Waals surface area contributed by atoms with Crippen molar-refractivity contribution in [3.8, 4) is 11.6 Å². The van der Waals surface area contributed by atoms with Gasteiger partial charge in [0.25, 0.3) is 5.91 Å². The lowest BCUT2D eigenvalue weighted by atomic mass is 10.2. The van der Waals surface area contributed by atoms with Crippen LogP contribution in [-0.2, 0) is 22.3 Å². The number of likely N-dealkylation sites (N-methyl/N-ethyl adjacent to an activating group) is 1. The minimum Gasteiger partial charge on any atom is -0.496 e. The fourth-order valence-electron chi connectivity index (χ4n) is 3.67. The number of aromatic nitrogens is 3. The number of ether oxygens (including phenoxy) is 2. The summed E-state index contributed by atoms with van der Waals surface area (Å²) in [6.45, 7) is 6.46. The molecule has 14 heteroatoms. The van der Waals surface area contributed by atoms with Gasteiger partial charge in [0, 0.05) is 43.2 Å². The number of hydrogen-bond acceptors (Lipinski definition) is 7. The summed E-state index contributed by atoms with van der Waals surface area (Å²) in [4.78, 5) is 43.3. The zero-order chi connectivity index (χ0) is 30.5. The Morgan fingerprint density at radius 3 is 2.41 bits per heavy atom. The minimum atomic E-state index is -4.84. The third kappa shape index (κ3) is 7.96. The molecule has 0 saturated heterocycles. The van der Waals surface area contributed by atoms with Crippen LogP contribution in [-0.4, -0.2) is 58.5 Å². The Morgan fingerprint density at radius 2 is 1.78 bits per heavy atom. The summed E-state index contributed by atoms with van der Waals surface area (Å²) in [5.74, 6) is -1.03. The van der Waals surface area contributed by atoms with Gasteiger partial charge in [-0.3, -0.25) is 9.59 Å². The smallest absolute Gasteiger partial charge is 0.435 e. The number of hydrogen-bond donors (Lipinski definition) is 2. The van der Waals surface area contributed by atoms with Crippen molar-refractivity contribution in [2.24, 2.45) is 0 Å². The number of alkyl halides is 3. The second-order valence-electron chi connectivity index (χ2n) is 9.96. The van der Waals surface area contributed by atoms with Gasteiger partial charge >= 0.3 is 12.3 Å². The monoisotopic (exact) mass is 576 g/mol. The lowest BCUT2D eigenvalue weighted by Crippen LogP contribution is -2.47. The van der Waals surface area contributed by atoms with Crippen molar-refractivity contribution in [2.75, 3.05) is 19.1 Å². The second kappa shape index (κ2) is 12.3. The van der Waals surface area contributed by atoms with Gasteiger partial charge in [0.15, 0.2) is 11.5 Å². The topological polar surface area (TPSA) is 128 Å². The number of pyridine rings is 1. The summed E-state index contributed by atoms with van der Waals surface area (Å²) in [7, 11) is 2.87. The Bertz CT molecular complexity index is 1420. The summed E-state index contributed by atoms with van der Waals surface area (Å²) in [6.07, 6.45) is -4.37. The number of methoxy groups -OCH3 is 1. The molecule has 0 radical (unpaired) electrons. The molecule has 1 unspecified atom stereocenters. The number of halogens is 3. The molecular weight excluding hydrogens is 545 g/mol. The highest BCUT2D eigenvalue weighted by molar-refractivity contribution is 5.98. The normalized spacial score (nSPS) is 12.3. The van der Waals surface area contributed by atoms with Gasteiger partial charge in [-0.05, 0) is 39.8 Å². The molecule has 0 aliphatic heterocycles. The van der Waals surface area contributed by atoms with Crippen LogP contribution < -0.4 is 20.3 Å². The molecule has 2 heterocycles. The highest BCUT2D eigenvalue weighted by Gasteiger charge is 2.36. The number of alkyl carbamates (subject to hydrolysis) is 1. The summed E-state index contributed by atoms with van der Waals surface area (Å²) in [6, 6.07) is 9.21. The quantitative estimate of drug-likeness (QED) is 0.413. The van der Waals surface area contributed by atoms with E-state index < -0.39 is 47.1 Å². The fourth-order valence-corrected chi connectivity index (χ4v) is 3.67. The first-order chi connectivity index (χ1) is 19.1. The van der Waals surface area contributed by atoms with E-state index >= 15 is 0 Å². The molecule has 0 spiro atoms. The Balaban J connectivity index is 1.87. The highest BCUT2D eigenvalue weighted by atomic mass is 19.4. The van der Waals surface area contributed by atoms with E-state index in [1.165, 1.54) is 44.3 Å². The number of amides is 3. The van der Waals surface area contributed by atoms with Gasteiger partial charge < -0.3 is 25.0 Å². The van der Waals surface area contributed by atoms with Crippen LogP contribution in [0, 0.1) is 0 Å². The Morgan fingerprint density at radius 1 is 1.10 bits per heavy atom. The lowest BCUT2D eigenvalue weighted by molar-refractivity contribution is -0.141. The van der Waals surface area contributed by atoms with E-state index in [1.54, 1.807) is 45.0 Å². The summed E-state index contributed by atoms with van der Waals surface area (Å²) < 4.78 is 51.9. The molecular formula is C27H31F3N6O5. The second-order valence-corrected chi connectivity index (χ2v) is 9.96. The molecule has 2 N–H and O–H groups in total. The third-order valence-electron chi connectivity index (χ3n) is 5.63. The van der Waals surface area contributed by atoms with E-state index in [1.807, 2.05) is 0 Å². The van der Waals surface area contributed by atoms with Gasteiger partial charge in [0.05, 0.1) is 7.11 Å². The van der Waals surface area contributed by atoms with Crippen LogP contribution in [0.4, 0.5) is 23.7 Å². The molecule has 1 atom stereocenters. The molecule has 11 nitrogen and oxygen atoms in total. The first-order valence-corrected chi connectivity index (χ1v) is 12.4. The predicted octanol–water partition coefficient (Wildman–Crippen LogP) is 4.10. The van der Waals surface area contributed by atoms with Crippen molar-refractivity contribution >= 4 is 23.6 Å². The number of carbonyl (C=O) groups is 3. The maximum atomic E-state index is 13.6. The van der Waals surface area contributed by atoms with Gasteiger partial charge in [-0.2, -0.15) is 18.3 Å². The van der Waals surface area contributed by atoms with Crippen LogP contribution in [0.3, 0.4) is 0 Å². The molecule has 2 aromatic heterocycles. The number of nitrogens with zero attached hydrogens (tertiary/aromatic N) is 4. The van der Waals surface area contributed by atoms with E-state index in [4.69, 9.17) is 9.47 Å². The molecule has 0 saturated carbocycles. The average molecular weight is 577 g/mol. The molecule has 3 amide bonds. The molecule has 0 aliphatic rings. The Kier molecular flexibility index (Phi) is 9.25. The maximum Gasteiger partial charge on any atom is 0.435 e. The molecule has 41 heavy (non-hydrogen) atoms. The van der Waals surface area contributed by atoms with Gasteiger partial charge in [-0.1, -0.05) is 18.2 Å².